The molecule has 1 aliphatic carbocycles. The second-order valence-corrected chi connectivity index (χ2v) is 5.45. The van der Waals surface area contributed by atoms with Gasteiger partial charge in [0.1, 0.15) is 0 Å². The molecule has 0 aromatic carbocycles. The minimum absolute atomic E-state index is 0.0793. The maximum absolute atomic E-state index is 11.4. The van der Waals surface area contributed by atoms with Crippen molar-refractivity contribution < 1.29 is 4.79 Å². The van der Waals surface area contributed by atoms with Crippen molar-refractivity contribution >= 4 is 5.91 Å². The zero-order valence-corrected chi connectivity index (χ0v) is 10.1. The van der Waals surface area contributed by atoms with Crippen molar-refractivity contribution in [1.82, 2.24) is 5.32 Å². The largest absolute Gasteiger partial charge is 0.369 e. The van der Waals surface area contributed by atoms with Gasteiger partial charge in [-0.05, 0) is 31.7 Å². The van der Waals surface area contributed by atoms with Crippen molar-refractivity contribution in [3.8, 4) is 0 Å². The van der Waals surface area contributed by atoms with Gasteiger partial charge in [-0.3, -0.25) is 4.79 Å². The number of hydrogen-bond donors (Lipinski definition) is 2. The van der Waals surface area contributed by atoms with Crippen molar-refractivity contribution in [2.75, 3.05) is 6.54 Å². The summed E-state index contributed by atoms with van der Waals surface area (Å²) in [5.74, 6) is 0.801. The summed E-state index contributed by atoms with van der Waals surface area (Å²) in [6.07, 6.45) is 10.1. The van der Waals surface area contributed by atoms with E-state index >= 15 is 0 Å². The zero-order chi connectivity index (χ0) is 11.4. The molecule has 2 unspecified atom stereocenters. The van der Waals surface area contributed by atoms with E-state index in [4.69, 9.17) is 5.73 Å². The predicted octanol–water partition coefficient (Wildman–Crippen LogP) is 1.81. The average molecular weight is 224 g/mol. The highest BCUT2D eigenvalue weighted by Crippen LogP contribution is 2.30. The molecule has 3 nitrogen and oxygen atoms in total. The van der Waals surface area contributed by atoms with Gasteiger partial charge < -0.3 is 11.1 Å². The van der Waals surface area contributed by atoms with Gasteiger partial charge in [-0.25, -0.2) is 0 Å². The molecule has 1 aliphatic heterocycles. The lowest BCUT2D eigenvalue weighted by atomic mass is 9.79. The van der Waals surface area contributed by atoms with E-state index in [1.54, 1.807) is 0 Å². The summed E-state index contributed by atoms with van der Waals surface area (Å²) in [4.78, 5) is 11.4. The van der Waals surface area contributed by atoms with Crippen LogP contribution in [0, 0.1) is 11.8 Å². The van der Waals surface area contributed by atoms with Crippen LogP contribution in [0.15, 0.2) is 0 Å². The van der Waals surface area contributed by atoms with Gasteiger partial charge in [0.2, 0.25) is 5.91 Å². The summed E-state index contributed by atoms with van der Waals surface area (Å²) in [7, 11) is 0. The molecule has 0 radical (unpaired) electrons. The number of piperidine rings is 1. The topological polar surface area (TPSA) is 55.1 Å². The molecule has 92 valence electrons. The summed E-state index contributed by atoms with van der Waals surface area (Å²) in [5, 5.41) is 3.50. The molecular weight excluding hydrogens is 200 g/mol. The summed E-state index contributed by atoms with van der Waals surface area (Å²) in [6, 6.07) is 0.356. The van der Waals surface area contributed by atoms with Crippen LogP contribution in [-0.4, -0.2) is 18.5 Å². The fourth-order valence-electron chi connectivity index (χ4n) is 3.32. The zero-order valence-electron chi connectivity index (χ0n) is 10.1. The molecule has 2 fully saturated rings. The number of amides is 1. The molecule has 2 atom stereocenters. The highest BCUT2D eigenvalue weighted by atomic mass is 16.1. The summed E-state index contributed by atoms with van der Waals surface area (Å²) in [5.41, 5.74) is 5.48. The van der Waals surface area contributed by atoms with Gasteiger partial charge in [0.15, 0.2) is 0 Å². The molecule has 0 bridgehead atoms. The number of primary amides is 1. The number of nitrogens with one attached hydrogen (secondary N) is 1. The third kappa shape index (κ3) is 2.97. The molecule has 0 aromatic rings. The quantitative estimate of drug-likeness (QED) is 0.768. The normalized spacial score (nSPS) is 32.5. The Morgan fingerprint density at radius 1 is 1.12 bits per heavy atom. The third-order valence-electron chi connectivity index (χ3n) is 4.26. The molecule has 0 spiro atoms. The fourth-order valence-corrected chi connectivity index (χ4v) is 3.32. The molecule has 2 rings (SSSR count). The summed E-state index contributed by atoms with van der Waals surface area (Å²) < 4.78 is 0. The smallest absolute Gasteiger partial charge is 0.222 e. The number of rotatable bonds is 3. The van der Waals surface area contributed by atoms with E-state index in [1.165, 1.54) is 32.1 Å². The Morgan fingerprint density at radius 2 is 1.88 bits per heavy atom. The number of carbonyl (C=O) groups excluding carboxylic acids is 1. The minimum Gasteiger partial charge on any atom is -0.369 e. The van der Waals surface area contributed by atoms with E-state index in [0.717, 1.165) is 31.7 Å². The lowest BCUT2D eigenvalue weighted by molar-refractivity contribution is -0.123. The number of nitrogens with two attached hydrogens (primary N) is 1. The molecule has 16 heavy (non-hydrogen) atoms. The molecular formula is C13H24N2O. The van der Waals surface area contributed by atoms with Gasteiger partial charge in [0.05, 0.1) is 5.92 Å². The van der Waals surface area contributed by atoms with Crippen LogP contribution in [0.5, 0.6) is 0 Å². The van der Waals surface area contributed by atoms with Crippen LogP contribution in [0.25, 0.3) is 0 Å². The second kappa shape index (κ2) is 5.67. The average Bonchev–Trinajstić information content (AvgIpc) is 2.31. The Morgan fingerprint density at radius 3 is 2.56 bits per heavy atom. The van der Waals surface area contributed by atoms with Gasteiger partial charge in [-0.15, -0.1) is 0 Å². The Bertz CT molecular complexity index is 236. The maximum Gasteiger partial charge on any atom is 0.222 e. The van der Waals surface area contributed by atoms with Crippen molar-refractivity contribution in [3.05, 3.63) is 0 Å². The van der Waals surface area contributed by atoms with Crippen LogP contribution in [-0.2, 0) is 4.79 Å². The Kier molecular flexibility index (Phi) is 4.22. The van der Waals surface area contributed by atoms with Gasteiger partial charge in [-0.2, -0.15) is 0 Å². The SMILES string of the molecule is NC(=O)C1CCCNC1CC1CCCCC1. The predicted molar refractivity (Wildman–Crippen MR) is 64.9 cm³/mol. The fraction of sp³-hybridized carbons (Fsp3) is 0.923. The summed E-state index contributed by atoms with van der Waals surface area (Å²) >= 11 is 0. The third-order valence-corrected chi connectivity index (χ3v) is 4.26. The van der Waals surface area contributed by atoms with Crippen LogP contribution in [0.4, 0.5) is 0 Å². The molecule has 0 aromatic heterocycles. The van der Waals surface area contributed by atoms with E-state index < -0.39 is 0 Å². The lowest BCUT2D eigenvalue weighted by Gasteiger charge is -2.34. The maximum atomic E-state index is 11.4. The van der Waals surface area contributed by atoms with E-state index in [1.807, 2.05) is 0 Å². The second-order valence-electron chi connectivity index (χ2n) is 5.45. The van der Waals surface area contributed by atoms with Crippen LogP contribution in [0.3, 0.4) is 0 Å². The number of carbonyl (C=O) groups is 1. The van der Waals surface area contributed by atoms with E-state index in [2.05, 4.69) is 5.32 Å². The van der Waals surface area contributed by atoms with E-state index in [-0.39, 0.29) is 11.8 Å². The van der Waals surface area contributed by atoms with Gasteiger partial charge >= 0.3 is 0 Å². The molecule has 2 aliphatic rings. The van der Waals surface area contributed by atoms with Gasteiger partial charge in [0, 0.05) is 6.04 Å². The standard InChI is InChI=1S/C13H24N2O/c14-13(16)11-7-4-8-15-12(11)9-10-5-2-1-3-6-10/h10-12,15H,1-9H2,(H2,14,16). The van der Waals surface area contributed by atoms with Crippen LogP contribution >= 0.6 is 0 Å². The Labute approximate surface area is 98.2 Å². The molecule has 1 saturated heterocycles. The first-order valence-electron chi connectivity index (χ1n) is 6.80. The monoisotopic (exact) mass is 224 g/mol. The molecule has 3 N–H and O–H groups in total. The van der Waals surface area contributed by atoms with Crippen molar-refractivity contribution in [1.29, 1.82) is 0 Å². The van der Waals surface area contributed by atoms with E-state index in [0.29, 0.717) is 6.04 Å². The molecule has 3 heteroatoms. The first-order chi connectivity index (χ1) is 7.77. The summed E-state index contributed by atoms with van der Waals surface area (Å²) in [6.45, 7) is 1.06. The van der Waals surface area contributed by atoms with Crippen LogP contribution < -0.4 is 11.1 Å². The number of hydrogen-bond acceptors (Lipinski definition) is 2. The molecule has 1 amide bonds. The van der Waals surface area contributed by atoms with Gasteiger partial charge in [0.25, 0.3) is 0 Å². The lowest BCUT2D eigenvalue weighted by Crippen LogP contribution is -2.47. The minimum atomic E-state index is -0.104. The van der Waals surface area contributed by atoms with Crippen molar-refractivity contribution in [2.45, 2.75) is 57.4 Å². The highest BCUT2D eigenvalue weighted by molar-refractivity contribution is 5.77. The molecule has 1 heterocycles. The van der Waals surface area contributed by atoms with Crippen LogP contribution in [0.2, 0.25) is 0 Å². The first kappa shape index (κ1) is 11.9. The Balaban J connectivity index is 1.87. The highest BCUT2D eigenvalue weighted by Gasteiger charge is 2.31. The Hall–Kier alpha value is -0.570. The first-order valence-corrected chi connectivity index (χ1v) is 6.80. The molecule has 1 saturated carbocycles. The van der Waals surface area contributed by atoms with Crippen LogP contribution in [0.1, 0.15) is 51.4 Å². The van der Waals surface area contributed by atoms with Gasteiger partial charge in [-0.1, -0.05) is 32.1 Å². The van der Waals surface area contributed by atoms with Crippen molar-refractivity contribution in [3.63, 3.8) is 0 Å². The van der Waals surface area contributed by atoms with E-state index in [9.17, 15) is 4.79 Å². The van der Waals surface area contributed by atoms with Crippen molar-refractivity contribution in [2.24, 2.45) is 17.6 Å².